The molecule has 1 aliphatic carbocycles. The van der Waals surface area contributed by atoms with Gasteiger partial charge in [0.1, 0.15) is 5.65 Å². The summed E-state index contributed by atoms with van der Waals surface area (Å²) in [5.74, 6) is 0.428. The molecule has 0 spiro atoms. The maximum absolute atomic E-state index is 12.5. The van der Waals surface area contributed by atoms with E-state index in [9.17, 15) is 18.3 Å². The topological polar surface area (TPSA) is 69.5 Å². The van der Waals surface area contributed by atoms with Crippen molar-refractivity contribution in [2.24, 2.45) is 0 Å². The Kier molecular flexibility index (Phi) is 9.78. The number of halogens is 3. The van der Waals surface area contributed by atoms with E-state index < -0.39 is 12.6 Å². The summed E-state index contributed by atoms with van der Waals surface area (Å²) in [4.78, 5) is 11.9. The summed E-state index contributed by atoms with van der Waals surface area (Å²) in [6.45, 7) is 6.93. The van der Waals surface area contributed by atoms with Crippen LogP contribution in [0.2, 0.25) is 0 Å². The zero-order valence-electron chi connectivity index (χ0n) is 23.9. The first-order valence-electron chi connectivity index (χ1n) is 14.7. The van der Waals surface area contributed by atoms with Crippen LogP contribution in [0.5, 0.6) is 0 Å². The second-order valence-electron chi connectivity index (χ2n) is 11.3. The molecule has 1 saturated carbocycles. The molecule has 1 aromatic carbocycles. The largest absolute Gasteiger partial charge is 0.393 e. The Morgan fingerprint density at radius 3 is 2.41 bits per heavy atom. The minimum absolute atomic E-state index is 0.0757. The minimum Gasteiger partial charge on any atom is -0.393 e. The van der Waals surface area contributed by atoms with Crippen LogP contribution >= 0.6 is 11.9 Å². The van der Waals surface area contributed by atoms with Gasteiger partial charge < -0.3 is 15.0 Å². The number of aliphatic hydroxyl groups is 1. The average molecular weight is 591 g/mol. The number of alkyl halides is 3. The molecule has 2 aromatic heterocycles. The van der Waals surface area contributed by atoms with Crippen LogP contribution in [0.25, 0.3) is 22.2 Å². The molecule has 224 valence electrons. The van der Waals surface area contributed by atoms with Gasteiger partial charge >= 0.3 is 6.18 Å². The zero-order valence-corrected chi connectivity index (χ0v) is 24.7. The third-order valence-electron chi connectivity index (χ3n) is 8.58. The van der Waals surface area contributed by atoms with Gasteiger partial charge in [-0.25, -0.2) is 9.29 Å². The van der Waals surface area contributed by atoms with Crippen LogP contribution in [0, 0.1) is 0 Å². The van der Waals surface area contributed by atoms with Gasteiger partial charge in [0, 0.05) is 74.6 Å². The van der Waals surface area contributed by atoms with E-state index in [0.717, 1.165) is 74.0 Å². The molecular formula is C30H41F3N6OS. The fourth-order valence-electron chi connectivity index (χ4n) is 6.04. The molecule has 5 rings (SSSR count). The van der Waals surface area contributed by atoms with Gasteiger partial charge in [-0.1, -0.05) is 36.2 Å². The third-order valence-corrected chi connectivity index (χ3v) is 9.47. The van der Waals surface area contributed by atoms with Gasteiger partial charge in [0.25, 0.3) is 0 Å². The van der Waals surface area contributed by atoms with Crippen LogP contribution in [0.15, 0.2) is 36.7 Å². The Morgan fingerprint density at radius 2 is 1.76 bits per heavy atom. The van der Waals surface area contributed by atoms with E-state index in [2.05, 4.69) is 67.7 Å². The quantitative estimate of drug-likeness (QED) is 0.202. The third kappa shape index (κ3) is 7.55. The number of unbranched alkanes of at least 4 members (excludes halogenated alkanes) is 1. The molecule has 11 heteroatoms. The van der Waals surface area contributed by atoms with Gasteiger partial charge in [-0.3, -0.25) is 4.90 Å². The molecule has 1 saturated heterocycles. The van der Waals surface area contributed by atoms with E-state index in [-0.39, 0.29) is 18.6 Å². The second kappa shape index (κ2) is 13.3. The number of aromatic nitrogens is 3. The van der Waals surface area contributed by atoms with E-state index in [0.29, 0.717) is 25.0 Å². The van der Waals surface area contributed by atoms with Crippen molar-refractivity contribution in [2.45, 2.75) is 76.2 Å². The number of fused-ring (bicyclic) bond motifs is 1. The molecule has 2 N–H and O–H groups in total. The van der Waals surface area contributed by atoms with Gasteiger partial charge in [-0.2, -0.15) is 18.2 Å². The number of nitrogens with zero attached hydrogens (tertiary/aromatic N) is 5. The molecule has 0 amide bonds. The molecule has 1 aliphatic heterocycles. The summed E-state index contributed by atoms with van der Waals surface area (Å²) < 4.78 is 42.0. The van der Waals surface area contributed by atoms with Crippen molar-refractivity contribution in [1.29, 1.82) is 0 Å². The van der Waals surface area contributed by atoms with Crippen LogP contribution in [0.3, 0.4) is 0 Å². The number of hydrogen-bond donors (Lipinski definition) is 2. The lowest BCUT2D eigenvalue weighted by Gasteiger charge is -2.37. The highest BCUT2D eigenvalue weighted by Crippen LogP contribution is 2.37. The monoisotopic (exact) mass is 590 g/mol. The maximum Gasteiger partial charge on any atom is 0.389 e. The number of rotatable bonds is 10. The summed E-state index contributed by atoms with van der Waals surface area (Å²) in [7, 11) is 0. The molecule has 2 aliphatic rings. The van der Waals surface area contributed by atoms with E-state index in [4.69, 9.17) is 4.98 Å². The van der Waals surface area contributed by atoms with Crippen molar-refractivity contribution in [3.8, 4) is 11.1 Å². The number of nitrogens with one attached hydrogen (secondary N) is 1. The number of piperazine rings is 1. The molecule has 0 bridgehead atoms. The van der Waals surface area contributed by atoms with Crippen molar-refractivity contribution in [2.75, 3.05) is 44.3 Å². The van der Waals surface area contributed by atoms with Gasteiger partial charge in [0.2, 0.25) is 5.95 Å². The molecule has 3 aromatic rings. The summed E-state index contributed by atoms with van der Waals surface area (Å²) in [6, 6.07) is 9.37. The average Bonchev–Trinajstić information content (AvgIpc) is 3.35. The highest BCUT2D eigenvalue weighted by Gasteiger charge is 2.27. The molecular weight excluding hydrogens is 549 g/mol. The van der Waals surface area contributed by atoms with E-state index >= 15 is 0 Å². The zero-order chi connectivity index (χ0) is 29.0. The molecule has 41 heavy (non-hydrogen) atoms. The first-order chi connectivity index (χ1) is 19.7. The van der Waals surface area contributed by atoms with Crippen LogP contribution in [0.4, 0.5) is 19.1 Å². The summed E-state index contributed by atoms with van der Waals surface area (Å²) in [5.41, 5.74) is 4.28. The number of hydrogen-bond acceptors (Lipinski definition) is 7. The highest BCUT2D eigenvalue weighted by atomic mass is 32.2. The summed E-state index contributed by atoms with van der Waals surface area (Å²) in [5, 5.41) is 14.1. The van der Waals surface area contributed by atoms with Crippen LogP contribution in [-0.2, 0) is 0 Å². The SMILES string of the molecule is CSN1CCN([C@@H](C)c2ccc(-c3cn([C@H]4CC[C@H](O)CC4)c4nc(NCCCCC(F)(F)F)ncc34)cc2)CC1. The summed E-state index contributed by atoms with van der Waals surface area (Å²) in [6.07, 6.45) is 4.69. The Labute approximate surface area is 244 Å². The van der Waals surface area contributed by atoms with Crippen LogP contribution < -0.4 is 5.32 Å². The molecule has 7 nitrogen and oxygen atoms in total. The lowest BCUT2D eigenvalue weighted by molar-refractivity contribution is -0.135. The standard InChI is InChI=1S/C30H41F3N6OS/c1-21(37-15-17-38(41-2)18-16-37)22-5-7-23(8-6-22)27-20-39(24-9-11-25(40)12-10-24)28-26(27)19-35-29(36-28)34-14-4-3-13-30(31,32)33/h5-8,19-21,24-25,40H,3-4,9-18H2,1-2H3,(H,34,35,36)/t21-,24-,25-/m0/s1. The van der Waals surface area contributed by atoms with Gasteiger partial charge in [-0.15, -0.1) is 0 Å². The number of aliphatic hydroxyl groups excluding tert-OH is 1. The first-order valence-corrected chi connectivity index (χ1v) is 15.9. The van der Waals surface area contributed by atoms with Crippen molar-refractivity contribution in [1.82, 2.24) is 23.7 Å². The second-order valence-corrected chi connectivity index (χ2v) is 12.2. The Balaban J connectivity index is 1.35. The fraction of sp³-hybridized carbons (Fsp3) is 0.600. The lowest BCUT2D eigenvalue weighted by Crippen LogP contribution is -2.44. The van der Waals surface area contributed by atoms with Crippen molar-refractivity contribution < 1.29 is 18.3 Å². The smallest absolute Gasteiger partial charge is 0.389 e. The first kappa shape index (κ1) is 30.1. The van der Waals surface area contributed by atoms with Gasteiger partial charge in [-0.05, 0) is 62.8 Å². The fourth-order valence-corrected chi connectivity index (χ4v) is 6.56. The number of anilines is 1. The summed E-state index contributed by atoms with van der Waals surface area (Å²) >= 11 is 1.82. The lowest BCUT2D eigenvalue weighted by atomic mass is 9.93. The normalized spacial score (nSPS) is 21.8. The predicted octanol–water partition coefficient (Wildman–Crippen LogP) is 6.68. The van der Waals surface area contributed by atoms with E-state index in [1.54, 1.807) is 0 Å². The maximum atomic E-state index is 12.5. The Bertz CT molecular complexity index is 1270. The van der Waals surface area contributed by atoms with E-state index in [1.807, 2.05) is 18.1 Å². The van der Waals surface area contributed by atoms with Crippen molar-refractivity contribution >= 4 is 28.9 Å². The highest BCUT2D eigenvalue weighted by molar-refractivity contribution is 7.96. The Hall–Kier alpha value is -2.34. The number of benzene rings is 1. The predicted molar refractivity (Wildman–Crippen MR) is 160 cm³/mol. The van der Waals surface area contributed by atoms with Gasteiger partial charge in [0.05, 0.1) is 6.10 Å². The molecule has 0 unspecified atom stereocenters. The van der Waals surface area contributed by atoms with Crippen LogP contribution in [0.1, 0.15) is 69.5 Å². The van der Waals surface area contributed by atoms with Crippen LogP contribution in [-0.4, -0.2) is 80.1 Å². The molecule has 3 heterocycles. The minimum atomic E-state index is -4.13. The molecule has 1 atom stereocenters. The molecule has 2 fully saturated rings. The van der Waals surface area contributed by atoms with Gasteiger partial charge in [0.15, 0.2) is 0 Å². The van der Waals surface area contributed by atoms with Crippen molar-refractivity contribution in [3.05, 3.63) is 42.2 Å². The van der Waals surface area contributed by atoms with E-state index in [1.165, 1.54) is 5.56 Å². The Morgan fingerprint density at radius 1 is 1.05 bits per heavy atom. The van der Waals surface area contributed by atoms with Crippen molar-refractivity contribution in [3.63, 3.8) is 0 Å². The molecule has 0 radical (unpaired) electrons.